The van der Waals surface area contributed by atoms with Crippen molar-refractivity contribution in [3.8, 4) is 0 Å². The molecule has 5 nitrogen and oxygen atoms in total. The highest BCUT2D eigenvalue weighted by atomic mass is 16.2. The normalized spacial score (nSPS) is 19.9. The first-order valence-electron chi connectivity index (χ1n) is 6.60. The van der Waals surface area contributed by atoms with Crippen molar-refractivity contribution >= 4 is 17.5 Å². The van der Waals surface area contributed by atoms with E-state index in [1.807, 2.05) is 18.2 Å². The SMILES string of the molecule is NNC(=O)C1(c2ccc3c(c2)CC(=O)N3)CCCC1. The molecule has 0 atom stereocenters. The summed E-state index contributed by atoms with van der Waals surface area (Å²) in [6.07, 6.45) is 4.08. The molecule has 1 fully saturated rings. The van der Waals surface area contributed by atoms with Crippen LogP contribution in [-0.4, -0.2) is 11.8 Å². The Bertz CT molecular complexity index is 548. The maximum Gasteiger partial charge on any atom is 0.244 e. The zero-order valence-corrected chi connectivity index (χ0v) is 10.7. The molecule has 100 valence electrons. The summed E-state index contributed by atoms with van der Waals surface area (Å²) in [5, 5.41) is 2.81. The van der Waals surface area contributed by atoms with Gasteiger partial charge in [0.15, 0.2) is 0 Å². The van der Waals surface area contributed by atoms with Crippen molar-refractivity contribution in [2.75, 3.05) is 5.32 Å². The highest BCUT2D eigenvalue weighted by Gasteiger charge is 2.42. The molecule has 5 heteroatoms. The van der Waals surface area contributed by atoms with Crippen LogP contribution in [0.2, 0.25) is 0 Å². The van der Waals surface area contributed by atoms with E-state index >= 15 is 0 Å². The first-order valence-corrected chi connectivity index (χ1v) is 6.60. The van der Waals surface area contributed by atoms with Crippen LogP contribution >= 0.6 is 0 Å². The van der Waals surface area contributed by atoms with Crippen LogP contribution in [0.4, 0.5) is 5.69 Å². The van der Waals surface area contributed by atoms with E-state index in [0.29, 0.717) is 6.42 Å². The summed E-state index contributed by atoms with van der Waals surface area (Å²) < 4.78 is 0. The lowest BCUT2D eigenvalue weighted by Crippen LogP contribution is -2.45. The van der Waals surface area contributed by atoms with Crippen LogP contribution in [-0.2, 0) is 21.4 Å². The van der Waals surface area contributed by atoms with Crippen LogP contribution in [0, 0.1) is 0 Å². The topological polar surface area (TPSA) is 84.2 Å². The van der Waals surface area contributed by atoms with Gasteiger partial charge in [0.05, 0.1) is 11.8 Å². The molecule has 1 aliphatic carbocycles. The maximum atomic E-state index is 12.2. The van der Waals surface area contributed by atoms with Gasteiger partial charge in [-0.05, 0) is 30.0 Å². The summed E-state index contributed by atoms with van der Waals surface area (Å²) in [5.41, 5.74) is 4.59. The van der Waals surface area contributed by atoms with Crippen molar-refractivity contribution in [3.05, 3.63) is 29.3 Å². The third-order valence-corrected chi connectivity index (χ3v) is 4.31. The average molecular weight is 259 g/mol. The molecule has 4 N–H and O–H groups in total. The summed E-state index contributed by atoms with van der Waals surface area (Å²) in [6, 6.07) is 5.80. The van der Waals surface area contributed by atoms with Crippen molar-refractivity contribution < 1.29 is 9.59 Å². The Morgan fingerprint density at radius 1 is 1.32 bits per heavy atom. The van der Waals surface area contributed by atoms with Gasteiger partial charge < -0.3 is 5.32 Å². The molecule has 19 heavy (non-hydrogen) atoms. The number of nitrogens with two attached hydrogens (primary N) is 1. The number of rotatable bonds is 2. The third kappa shape index (κ3) is 1.81. The fourth-order valence-corrected chi connectivity index (χ4v) is 3.29. The molecule has 0 bridgehead atoms. The molecule has 1 saturated carbocycles. The monoisotopic (exact) mass is 259 g/mol. The standard InChI is InChI=1S/C14H17N3O2/c15-17-13(19)14(5-1-2-6-14)10-3-4-11-9(7-10)8-12(18)16-11/h3-4,7H,1-2,5-6,8,15H2,(H,16,18)(H,17,19). The molecular weight excluding hydrogens is 242 g/mol. The molecule has 2 aliphatic rings. The number of carbonyl (C=O) groups is 2. The number of hydrogen-bond donors (Lipinski definition) is 3. The van der Waals surface area contributed by atoms with E-state index in [2.05, 4.69) is 10.7 Å². The predicted molar refractivity (Wildman–Crippen MR) is 71.3 cm³/mol. The summed E-state index contributed by atoms with van der Waals surface area (Å²) >= 11 is 0. The highest BCUT2D eigenvalue weighted by molar-refractivity contribution is 5.99. The van der Waals surface area contributed by atoms with Gasteiger partial charge in [0, 0.05) is 5.69 Å². The fraction of sp³-hybridized carbons (Fsp3) is 0.429. The predicted octanol–water partition coefficient (Wildman–Crippen LogP) is 0.983. The zero-order chi connectivity index (χ0) is 13.5. The smallest absolute Gasteiger partial charge is 0.244 e. The van der Waals surface area contributed by atoms with Gasteiger partial charge in [-0.1, -0.05) is 25.0 Å². The van der Waals surface area contributed by atoms with E-state index < -0.39 is 5.41 Å². The van der Waals surface area contributed by atoms with Gasteiger partial charge in [-0.25, -0.2) is 5.84 Å². The second-order valence-electron chi connectivity index (χ2n) is 5.36. The third-order valence-electron chi connectivity index (χ3n) is 4.31. The Hall–Kier alpha value is -1.88. The summed E-state index contributed by atoms with van der Waals surface area (Å²) in [6.45, 7) is 0. The minimum absolute atomic E-state index is 0.0101. The van der Waals surface area contributed by atoms with Crippen LogP contribution in [0.15, 0.2) is 18.2 Å². The lowest BCUT2D eigenvalue weighted by Gasteiger charge is -2.27. The van der Waals surface area contributed by atoms with Crippen molar-refractivity contribution in [2.45, 2.75) is 37.5 Å². The van der Waals surface area contributed by atoms with E-state index in [4.69, 9.17) is 5.84 Å². The number of fused-ring (bicyclic) bond motifs is 1. The molecule has 0 aromatic heterocycles. The first kappa shape index (κ1) is 12.2. The molecule has 3 rings (SSSR count). The Kier molecular flexibility index (Phi) is 2.78. The van der Waals surface area contributed by atoms with E-state index in [-0.39, 0.29) is 11.8 Å². The van der Waals surface area contributed by atoms with Gasteiger partial charge in [-0.3, -0.25) is 15.0 Å². The van der Waals surface area contributed by atoms with Gasteiger partial charge in [-0.15, -0.1) is 0 Å². The molecule has 0 spiro atoms. The molecule has 2 amide bonds. The first-order chi connectivity index (χ1) is 9.15. The molecule has 1 aliphatic heterocycles. The van der Waals surface area contributed by atoms with Crippen molar-refractivity contribution in [1.29, 1.82) is 0 Å². The van der Waals surface area contributed by atoms with Crippen LogP contribution in [0.5, 0.6) is 0 Å². The summed E-state index contributed by atoms with van der Waals surface area (Å²) in [5.74, 6) is 5.23. The Balaban J connectivity index is 2.03. The zero-order valence-electron chi connectivity index (χ0n) is 10.7. The second kappa shape index (κ2) is 4.35. The summed E-state index contributed by atoms with van der Waals surface area (Å²) in [4.78, 5) is 23.6. The quantitative estimate of drug-likeness (QED) is 0.420. The fourth-order valence-electron chi connectivity index (χ4n) is 3.29. The lowest BCUT2D eigenvalue weighted by molar-refractivity contribution is -0.126. The molecule has 0 radical (unpaired) electrons. The number of carbonyl (C=O) groups excluding carboxylic acids is 2. The molecule has 1 aromatic carbocycles. The molecule has 0 unspecified atom stereocenters. The Morgan fingerprint density at radius 2 is 2.05 bits per heavy atom. The average Bonchev–Trinajstić information content (AvgIpc) is 3.02. The number of nitrogens with one attached hydrogen (secondary N) is 2. The van der Waals surface area contributed by atoms with Crippen LogP contribution in [0.3, 0.4) is 0 Å². The van der Waals surface area contributed by atoms with Crippen LogP contribution in [0.1, 0.15) is 36.8 Å². The van der Waals surface area contributed by atoms with Crippen LogP contribution < -0.4 is 16.6 Å². The Morgan fingerprint density at radius 3 is 2.74 bits per heavy atom. The largest absolute Gasteiger partial charge is 0.326 e. The summed E-state index contributed by atoms with van der Waals surface area (Å²) in [7, 11) is 0. The second-order valence-corrected chi connectivity index (χ2v) is 5.36. The molecular formula is C14H17N3O2. The number of amides is 2. The molecule has 1 aromatic rings. The van der Waals surface area contributed by atoms with Gasteiger partial charge in [0.25, 0.3) is 0 Å². The van der Waals surface area contributed by atoms with Crippen molar-refractivity contribution in [2.24, 2.45) is 5.84 Å². The number of hydrazine groups is 1. The van der Waals surface area contributed by atoms with E-state index in [1.54, 1.807) is 0 Å². The minimum Gasteiger partial charge on any atom is -0.326 e. The minimum atomic E-state index is -0.518. The Labute approximate surface area is 111 Å². The van der Waals surface area contributed by atoms with Crippen LogP contribution in [0.25, 0.3) is 0 Å². The number of benzene rings is 1. The van der Waals surface area contributed by atoms with Gasteiger partial charge in [0.2, 0.25) is 11.8 Å². The van der Waals surface area contributed by atoms with E-state index in [1.165, 1.54) is 0 Å². The van der Waals surface area contributed by atoms with E-state index in [9.17, 15) is 9.59 Å². The highest BCUT2D eigenvalue weighted by Crippen LogP contribution is 2.42. The number of anilines is 1. The van der Waals surface area contributed by atoms with Gasteiger partial charge >= 0.3 is 0 Å². The molecule has 1 heterocycles. The van der Waals surface area contributed by atoms with Gasteiger partial charge in [0.1, 0.15) is 0 Å². The maximum absolute atomic E-state index is 12.2. The molecule has 0 saturated heterocycles. The number of hydrogen-bond acceptors (Lipinski definition) is 3. The van der Waals surface area contributed by atoms with E-state index in [0.717, 1.165) is 42.5 Å². The van der Waals surface area contributed by atoms with Gasteiger partial charge in [-0.2, -0.15) is 0 Å². The lowest BCUT2D eigenvalue weighted by atomic mass is 9.77. The van der Waals surface area contributed by atoms with Crippen molar-refractivity contribution in [1.82, 2.24) is 5.43 Å². The van der Waals surface area contributed by atoms with Crippen molar-refractivity contribution in [3.63, 3.8) is 0 Å².